The first-order valence-corrected chi connectivity index (χ1v) is 7.41. The van der Waals surface area contributed by atoms with E-state index in [-0.39, 0.29) is 18.0 Å². The summed E-state index contributed by atoms with van der Waals surface area (Å²) in [6.45, 7) is 0. The number of halogens is 2. The summed E-state index contributed by atoms with van der Waals surface area (Å²) < 4.78 is 19.4. The number of ether oxygens (including phenoxy) is 1. The molecule has 0 saturated carbocycles. The molecule has 4 heteroatoms. The molecule has 1 aliphatic heterocycles. The Morgan fingerprint density at radius 2 is 2.14 bits per heavy atom. The van der Waals surface area contributed by atoms with E-state index in [0.29, 0.717) is 11.4 Å². The number of hydrogen-bond acceptors (Lipinski definition) is 2. The van der Waals surface area contributed by atoms with Gasteiger partial charge in [-0.1, -0.05) is 29.8 Å². The lowest BCUT2D eigenvalue weighted by molar-refractivity contribution is 0.182. The largest absolute Gasteiger partial charge is 0.488 e. The van der Waals surface area contributed by atoms with Crippen molar-refractivity contribution in [1.82, 2.24) is 5.32 Å². The molecule has 2 nitrogen and oxygen atoms in total. The summed E-state index contributed by atoms with van der Waals surface area (Å²) in [5.41, 5.74) is 2.02. The van der Waals surface area contributed by atoms with Gasteiger partial charge >= 0.3 is 0 Å². The maximum Gasteiger partial charge on any atom is 0.123 e. The van der Waals surface area contributed by atoms with E-state index in [0.717, 1.165) is 17.7 Å². The van der Waals surface area contributed by atoms with Crippen LogP contribution >= 0.6 is 11.6 Å². The average molecular weight is 306 g/mol. The molecule has 1 N–H and O–H groups in total. The first-order chi connectivity index (χ1) is 10.2. The van der Waals surface area contributed by atoms with Crippen LogP contribution in [-0.4, -0.2) is 19.2 Å². The highest BCUT2D eigenvalue weighted by Gasteiger charge is 2.29. The van der Waals surface area contributed by atoms with Gasteiger partial charge in [0, 0.05) is 17.5 Å². The van der Waals surface area contributed by atoms with Crippen molar-refractivity contribution in [1.29, 1.82) is 0 Å². The molecule has 3 rings (SSSR count). The SMILES string of the molecule is CNC(Cc1cc(F)ccc1Cl)C1Cc2ccccc2O1. The molecule has 0 spiro atoms. The third-order valence-corrected chi connectivity index (χ3v) is 4.31. The van der Waals surface area contributed by atoms with Gasteiger partial charge in [0.1, 0.15) is 17.7 Å². The van der Waals surface area contributed by atoms with Crippen molar-refractivity contribution in [2.45, 2.75) is 25.0 Å². The van der Waals surface area contributed by atoms with Gasteiger partial charge in [-0.15, -0.1) is 0 Å². The van der Waals surface area contributed by atoms with Crippen LogP contribution in [0.1, 0.15) is 11.1 Å². The molecule has 1 heterocycles. The van der Waals surface area contributed by atoms with E-state index in [1.54, 1.807) is 6.07 Å². The van der Waals surface area contributed by atoms with E-state index >= 15 is 0 Å². The van der Waals surface area contributed by atoms with Gasteiger partial charge < -0.3 is 10.1 Å². The molecule has 0 fully saturated rings. The standard InChI is InChI=1S/C17H17ClFNO/c1-20-15(9-12-8-13(19)6-7-14(12)18)17-10-11-4-2-3-5-16(11)21-17/h2-8,15,17,20H,9-10H2,1H3. The Morgan fingerprint density at radius 3 is 2.90 bits per heavy atom. The molecular weight excluding hydrogens is 289 g/mol. The smallest absolute Gasteiger partial charge is 0.123 e. The predicted molar refractivity (Wildman–Crippen MR) is 82.5 cm³/mol. The molecule has 21 heavy (non-hydrogen) atoms. The molecule has 1 aliphatic rings. The minimum absolute atomic E-state index is 0.0340. The van der Waals surface area contributed by atoms with Crippen molar-refractivity contribution in [3.8, 4) is 5.75 Å². The topological polar surface area (TPSA) is 21.3 Å². The first-order valence-electron chi connectivity index (χ1n) is 7.03. The van der Waals surface area contributed by atoms with Crippen LogP contribution in [0.3, 0.4) is 0 Å². The molecule has 110 valence electrons. The number of rotatable bonds is 4. The summed E-state index contributed by atoms with van der Waals surface area (Å²) in [6, 6.07) is 12.6. The summed E-state index contributed by atoms with van der Waals surface area (Å²) in [7, 11) is 1.89. The quantitative estimate of drug-likeness (QED) is 0.931. The maximum atomic E-state index is 13.4. The van der Waals surface area contributed by atoms with Crippen molar-refractivity contribution < 1.29 is 9.13 Å². The average Bonchev–Trinajstić information content (AvgIpc) is 2.91. The highest BCUT2D eigenvalue weighted by Crippen LogP contribution is 2.31. The number of hydrogen-bond donors (Lipinski definition) is 1. The molecule has 0 bridgehead atoms. The van der Waals surface area contributed by atoms with Crippen molar-refractivity contribution in [2.75, 3.05) is 7.05 Å². The third kappa shape index (κ3) is 3.04. The molecule has 0 amide bonds. The fraction of sp³-hybridized carbons (Fsp3) is 0.294. The van der Waals surface area contributed by atoms with Gasteiger partial charge in [0.15, 0.2) is 0 Å². The molecular formula is C17H17ClFNO. The normalized spacial score (nSPS) is 18.1. The van der Waals surface area contributed by atoms with Crippen molar-refractivity contribution in [3.05, 3.63) is 64.4 Å². The Labute approximate surface area is 128 Å². The van der Waals surface area contributed by atoms with Crippen LogP contribution in [0.25, 0.3) is 0 Å². The van der Waals surface area contributed by atoms with Crippen LogP contribution in [0.5, 0.6) is 5.75 Å². The minimum Gasteiger partial charge on any atom is -0.488 e. The van der Waals surface area contributed by atoms with Gasteiger partial charge in [-0.3, -0.25) is 0 Å². The van der Waals surface area contributed by atoms with Crippen molar-refractivity contribution in [2.24, 2.45) is 0 Å². The van der Waals surface area contributed by atoms with Crippen molar-refractivity contribution >= 4 is 11.6 Å². The predicted octanol–water partition coefficient (Wildman–Crippen LogP) is 3.61. The van der Waals surface area contributed by atoms with Crippen LogP contribution in [-0.2, 0) is 12.8 Å². The van der Waals surface area contributed by atoms with Gasteiger partial charge in [0.05, 0.1) is 0 Å². The Balaban J connectivity index is 1.76. The van der Waals surface area contributed by atoms with Crippen LogP contribution in [0.15, 0.2) is 42.5 Å². The second-order valence-corrected chi connectivity index (χ2v) is 5.71. The number of likely N-dealkylation sites (N-methyl/N-ethyl adjacent to an activating group) is 1. The zero-order valence-corrected chi connectivity index (χ0v) is 12.5. The van der Waals surface area contributed by atoms with Gasteiger partial charge in [-0.25, -0.2) is 4.39 Å². The van der Waals surface area contributed by atoms with E-state index in [1.807, 2.05) is 25.2 Å². The molecule has 2 aromatic carbocycles. The number of para-hydroxylation sites is 1. The van der Waals surface area contributed by atoms with Gasteiger partial charge in [-0.2, -0.15) is 0 Å². The lowest BCUT2D eigenvalue weighted by Gasteiger charge is -2.23. The summed E-state index contributed by atoms with van der Waals surface area (Å²) in [6.07, 6.45) is 1.52. The van der Waals surface area contributed by atoms with Crippen LogP contribution in [0.2, 0.25) is 5.02 Å². The second-order valence-electron chi connectivity index (χ2n) is 5.30. The monoisotopic (exact) mass is 305 g/mol. The van der Waals surface area contributed by atoms with E-state index in [4.69, 9.17) is 16.3 Å². The fourth-order valence-electron chi connectivity index (χ4n) is 2.79. The van der Waals surface area contributed by atoms with E-state index in [2.05, 4.69) is 11.4 Å². The van der Waals surface area contributed by atoms with E-state index in [1.165, 1.54) is 17.7 Å². The molecule has 2 aromatic rings. The fourth-order valence-corrected chi connectivity index (χ4v) is 2.98. The van der Waals surface area contributed by atoms with Gasteiger partial charge in [0.2, 0.25) is 0 Å². The number of benzene rings is 2. The van der Waals surface area contributed by atoms with Gasteiger partial charge in [0.25, 0.3) is 0 Å². The lowest BCUT2D eigenvalue weighted by Crippen LogP contribution is -2.42. The lowest BCUT2D eigenvalue weighted by atomic mass is 9.98. The van der Waals surface area contributed by atoms with Crippen LogP contribution in [0.4, 0.5) is 4.39 Å². The maximum absolute atomic E-state index is 13.4. The summed E-state index contributed by atoms with van der Waals surface area (Å²) in [4.78, 5) is 0. The molecule has 0 aromatic heterocycles. The Kier molecular flexibility index (Phi) is 4.13. The highest BCUT2D eigenvalue weighted by molar-refractivity contribution is 6.31. The zero-order chi connectivity index (χ0) is 14.8. The molecule has 2 atom stereocenters. The summed E-state index contributed by atoms with van der Waals surface area (Å²) in [5.74, 6) is 0.674. The first kappa shape index (κ1) is 14.4. The molecule has 0 aliphatic carbocycles. The number of nitrogens with one attached hydrogen (secondary N) is 1. The van der Waals surface area contributed by atoms with Gasteiger partial charge in [-0.05, 0) is 48.9 Å². The van der Waals surface area contributed by atoms with Crippen molar-refractivity contribution in [3.63, 3.8) is 0 Å². The van der Waals surface area contributed by atoms with Crippen LogP contribution < -0.4 is 10.1 Å². The summed E-state index contributed by atoms with van der Waals surface area (Å²) >= 11 is 6.16. The zero-order valence-electron chi connectivity index (χ0n) is 11.8. The molecule has 2 unspecified atom stereocenters. The molecule has 0 saturated heterocycles. The highest BCUT2D eigenvalue weighted by atomic mass is 35.5. The Morgan fingerprint density at radius 1 is 1.33 bits per heavy atom. The van der Waals surface area contributed by atoms with E-state index in [9.17, 15) is 4.39 Å². The van der Waals surface area contributed by atoms with E-state index < -0.39 is 0 Å². The van der Waals surface area contributed by atoms with Crippen LogP contribution in [0, 0.1) is 5.82 Å². The number of fused-ring (bicyclic) bond motifs is 1. The third-order valence-electron chi connectivity index (χ3n) is 3.94. The molecule has 0 radical (unpaired) electrons. The Hall–Kier alpha value is -1.58. The minimum atomic E-state index is -0.264. The second kappa shape index (κ2) is 6.04. The Bertz CT molecular complexity index is 621. The summed E-state index contributed by atoms with van der Waals surface area (Å²) in [5, 5.41) is 3.86.